The fourth-order valence-corrected chi connectivity index (χ4v) is 2.06. The maximum absolute atomic E-state index is 12.1. The van der Waals surface area contributed by atoms with Gasteiger partial charge >= 0.3 is 0 Å². The molecule has 0 saturated heterocycles. The van der Waals surface area contributed by atoms with Crippen molar-refractivity contribution in [3.05, 3.63) is 53.3 Å². The summed E-state index contributed by atoms with van der Waals surface area (Å²) in [7, 11) is 0. The van der Waals surface area contributed by atoms with Gasteiger partial charge in [0.1, 0.15) is 5.76 Å². The monoisotopic (exact) mass is 284 g/mol. The minimum Gasteiger partial charge on any atom is -0.360 e. The summed E-state index contributed by atoms with van der Waals surface area (Å²) in [4.78, 5) is 12.1. The molecule has 4 nitrogen and oxygen atoms in total. The minimum absolute atomic E-state index is 0.201. The van der Waals surface area contributed by atoms with Crippen LogP contribution in [0.25, 0.3) is 5.57 Å². The van der Waals surface area contributed by atoms with E-state index in [1.165, 1.54) is 5.56 Å². The number of rotatable bonds is 4. The first-order valence-corrected chi connectivity index (χ1v) is 6.98. The summed E-state index contributed by atoms with van der Waals surface area (Å²) < 4.78 is 4.93. The van der Waals surface area contributed by atoms with Crippen molar-refractivity contribution >= 4 is 17.3 Å². The summed E-state index contributed by atoms with van der Waals surface area (Å²) in [6.07, 6.45) is 1.62. The largest absolute Gasteiger partial charge is 0.360 e. The lowest BCUT2D eigenvalue weighted by Crippen LogP contribution is -2.10. The molecular formula is C17H20N2O2. The third kappa shape index (κ3) is 4.05. The number of allylic oxidation sites excluding steroid dienone is 1. The molecule has 2 rings (SSSR count). The number of nitrogens with zero attached hydrogens (tertiary/aromatic N) is 1. The van der Waals surface area contributed by atoms with Crippen LogP contribution in [0.2, 0.25) is 0 Å². The number of nitrogens with one attached hydrogen (secondary N) is 1. The number of hydrogen-bond donors (Lipinski definition) is 1. The lowest BCUT2D eigenvalue weighted by Gasteiger charge is -2.12. The fraction of sp³-hybridized carbons (Fsp3) is 0.294. The molecule has 21 heavy (non-hydrogen) atoms. The summed E-state index contributed by atoms with van der Waals surface area (Å²) in [5, 5.41) is 6.47. The molecule has 0 aliphatic carbocycles. The molecule has 1 N–H and O–H groups in total. The Kier molecular flexibility index (Phi) is 4.58. The Morgan fingerprint density at radius 1 is 1.24 bits per heavy atom. The molecule has 1 heterocycles. The van der Waals surface area contributed by atoms with Gasteiger partial charge in [-0.2, -0.15) is 0 Å². The van der Waals surface area contributed by atoms with Crippen molar-refractivity contribution in [3.8, 4) is 0 Å². The van der Waals surface area contributed by atoms with Gasteiger partial charge in [0.15, 0.2) is 5.82 Å². The van der Waals surface area contributed by atoms with Gasteiger partial charge in [0, 0.05) is 12.1 Å². The van der Waals surface area contributed by atoms with Crippen molar-refractivity contribution in [1.29, 1.82) is 0 Å². The SMILES string of the molecule is Cc1ccc(/C(=C/C(=O)Nc2cc(C)on2)C(C)C)cc1. The van der Waals surface area contributed by atoms with Gasteiger partial charge < -0.3 is 9.84 Å². The summed E-state index contributed by atoms with van der Waals surface area (Å²) in [6.45, 7) is 7.96. The van der Waals surface area contributed by atoms with E-state index in [1.54, 1.807) is 19.1 Å². The third-order valence-electron chi connectivity index (χ3n) is 3.17. The Morgan fingerprint density at radius 2 is 1.90 bits per heavy atom. The molecule has 0 aliphatic heterocycles. The van der Waals surface area contributed by atoms with Crippen molar-refractivity contribution < 1.29 is 9.32 Å². The highest BCUT2D eigenvalue weighted by atomic mass is 16.5. The van der Waals surface area contributed by atoms with Gasteiger partial charge in [-0.05, 0) is 30.9 Å². The van der Waals surface area contributed by atoms with Crippen molar-refractivity contribution in [1.82, 2.24) is 5.16 Å². The van der Waals surface area contributed by atoms with Crippen LogP contribution in [0.15, 0.2) is 40.9 Å². The quantitative estimate of drug-likeness (QED) is 0.864. The summed E-state index contributed by atoms with van der Waals surface area (Å²) >= 11 is 0. The van der Waals surface area contributed by atoms with Crippen LogP contribution in [0.3, 0.4) is 0 Å². The second kappa shape index (κ2) is 6.39. The number of benzene rings is 1. The predicted octanol–water partition coefficient (Wildman–Crippen LogP) is 3.97. The Hall–Kier alpha value is -2.36. The van der Waals surface area contributed by atoms with E-state index in [9.17, 15) is 4.79 Å². The lowest BCUT2D eigenvalue weighted by atomic mass is 9.94. The van der Waals surface area contributed by atoms with Gasteiger partial charge in [-0.15, -0.1) is 0 Å². The Morgan fingerprint density at radius 3 is 2.43 bits per heavy atom. The molecular weight excluding hydrogens is 264 g/mol. The van der Waals surface area contributed by atoms with Gasteiger partial charge in [-0.1, -0.05) is 48.8 Å². The average Bonchev–Trinajstić information content (AvgIpc) is 2.82. The second-order valence-corrected chi connectivity index (χ2v) is 5.43. The molecule has 2 aromatic rings. The number of hydrogen-bond acceptors (Lipinski definition) is 3. The van der Waals surface area contributed by atoms with Gasteiger partial charge in [-0.25, -0.2) is 0 Å². The van der Waals surface area contributed by atoms with E-state index in [2.05, 4.69) is 24.3 Å². The molecule has 110 valence electrons. The summed E-state index contributed by atoms with van der Waals surface area (Å²) in [6, 6.07) is 9.85. The zero-order valence-corrected chi connectivity index (χ0v) is 12.8. The number of amides is 1. The minimum atomic E-state index is -0.201. The van der Waals surface area contributed by atoms with Crippen LogP contribution in [0.1, 0.15) is 30.7 Å². The van der Waals surface area contributed by atoms with E-state index < -0.39 is 0 Å². The van der Waals surface area contributed by atoms with E-state index >= 15 is 0 Å². The molecule has 0 spiro atoms. The molecule has 0 fully saturated rings. The van der Waals surface area contributed by atoms with E-state index in [1.807, 2.05) is 31.2 Å². The zero-order chi connectivity index (χ0) is 15.4. The van der Waals surface area contributed by atoms with Crippen molar-refractivity contribution in [3.63, 3.8) is 0 Å². The molecule has 4 heteroatoms. The number of carbonyl (C=O) groups is 1. The number of carbonyl (C=O) groups excluding carboxylic acids is 1. The smallest absolute Gasteiger partial charge is 0.249 e. The molecule has 1 aromatic heterocycles. The van der Waals surface area contributed by atoms with E-state index in [4.69, 9.17) is 4.52 Å². The lowest BCUT2D eigenvalue weighted by molar-refractivity contribution is -0.111. The van der Waals surface area contributed by atoms with Gasteiger partial charge in [0.2, 0.25) is 5.91 Å². The first-order valence-electron chi connectivity index (χ1n) is 6.98. The summed E-state index contributed by atoms with van der Waals surface area (Å²) in [5.74, 6) is 1.14. The van der Waals surface area contributed by atoms with Crippen LogP contribution in [0.5, 0.6) is 0 Å². The van der Waals surface area contributed by atoms with Gasteiger partial charge in [-0.3, -0.25) is 4.79 Å². The van der Waals surface area contributed by atoms with Gasteiger partial charge in [0.05, 0.1) is 0 Å². The van der Waals surface area contributed by atoms with Crippen LogP contribution in [0, 0.1) is 19.8 Å². The molecule has 0 saturated carbocycles. The Balaban J connectivity index is 2.21. The maximum atomic E-state index is 12.1. The van der Waals surface area contributed by atoms with Crippen LogP contribution in [0.4, 0.5) is 5.82 Å². The van der Waals surface area contributed by atoms with Crippen molar-refractivity contribution in [2.75, 3.05) is 5.32 Å². The van der Waals surface area contributed by atoms with Crippen LogP contribution >= 0.6 is 0 Å². The van der Waals surface area contributed by atoms with Crippen LogP contribution in [-0.4, -0.2) is 11.1 Å². The average molecular weight is 284 g/mol. The number of anilines is 1. The van der Waals surface area contributed by atoms with Crippen LogP contribution in [-0.2, 0) is 4.79 Å². The topological polar surface area (TPSA) is 55.1 Å². The van der Waals surface area contributed by atoms with Crippen molar-refractivity contribution in [2.45, 2.75) is 27.7 Å². The standard InChI is InChI=1S/C17H20N2O2/c1-11(2)15(14-7-5-12(3)6-8-14)10-17(20)18-16-9-13(4)21-19-16/h5-11H,1-4H3,(H,18,19,20)/b15-10+. The highest BCUT2D eigenvalue weighted by Gasteiger charge is 2.10. The molecule has 0 radical (unpaired) electrons. The maximum Gasteiger partial charge on any atom is 0.249 e. The zero-order valence-electron chi connectivity index (χ0n) is 12.8. The number of aromatic nitrogens is 1. The fourth-order valence-electron chi connectivity index (χ4n) is 2.06. The predicted molar refractivity (Wildman–Crippen MR) is 83.9 cm³/mol. The molecule has 1 amide bonds. The highest BCUT2D eigenvalue weighted by molar-refractivity contribution is 6.03. The Bertz CT molecular complexity index is 652. The van der Waals surface area contributed by atoms with E-state index in [0.29, 0.717) is 11.6 Å². The van der Waals surface area contributed by atoms with Crippen LogP contribution < -0.4 is 5.32 Å². The van der Waals surface area contributed by atoms with Crippen molar-refractivity contribution in [2.24, 2.45) is 5.92 Å². The van der Waals surface area contributed by atoms with E-state index in [0.717, 1.165) is 11.1 Å². The molecule has 0 bridgehead atoms. The molecule has 0 unspecified atom stereocenters. The summed E-state index contributed by atoms with van der Waals surface area (Å²) in [5.41, 5.74) is 3.25. The van der Waals surface area contributed by atoms with E-state index in [-0.39, 0.29) is 11.8 Å². The first kappa shape index (κ1) is 15.0. The highest BCUT2D eigenvalue weighted by Crippen LogP contribution is 2.23. The second-order valence-electron chi connectivity index (χ2n) is 5.43. The number of aryl methyl sites for hydroxylation is 2. The van der Waals surface area contributed by atoms with Gasteiger partial charge in [0.25, 0.3) is 0 Å². The molecule has 0 aliphatic rings. The normalized spacial score (nSPS) is 11.8. The molecule has 1 aromatic carbocycles. The molecule has 0 atom stereocenters. The third-order valence-corrected chi connectivity index (χ3v) is 3.17. The first-order chi connectivity index (χ1) is 9.95. The Labute approximate surface area is 124 Å².